The minimum Gasteiger partial charge on any atom is -0.465 e. The summed E-state index contributed by atoms with van der Waals surface area (Å²) in [7, 11) is 1.34. The maximum Gasteiger partial charge on any atom is 0.339 e. The van der Waals surface area contributed by atoms with Gasteiger partial charge in [0.1, 0.15) is 5.69 Å². The van der Waals surface area contributed by atoms with Gasteiger partial charge in [-0.05, 0) is 38.2 Å². The van der Waals surface area contributed by atoms with Gasteiger partial charge in [-0.3, -0.25) is 4.79 Å². The Morgan fingerprint density at radius 2 is 2.04 bits per heavy atom. The van der Waals surface area contributed by atoms with Crippen molar-refractivity contribution in [3.05, 3.63) is 22.5 Å². The zero-order chi connectivity index (χ0) is 17.4. The second-order valence-corrected chi connectivity index (χ2v) is 5.68. The van der Waals surface area contributed by atoms with Crippen LogP contribution in [0.4, 0.5) is 0 Å². The van der Waals surface area contributed by atoms with E-state index in [9.17, 15) is 14.7 Å². The van der Waals surface area contributed by atoms with Gasteiger partial charge in [-0.2, -0.15) is 0 Å². The Labute approximate surface area is 137 Å². The zero-order valence-electron chi connectivity index (χ0n) is 14.5. The molecule has 0 aliphatic carbocycles. The van der Waals surface area contributed by atoms with E-state index in [1.807, 2.05) is 13.8 Å². The summed E-state index contributed by atoms with van der Waals surface area (Å²) in [4.78, 5) is 27.3. The molecule has 6 heteroatoms. The number of ether oxygens (including phenoxy) is 1. The summed E-state index contributed by atoms with van der Waals surface area (Å²) in [6.07, 6.45) is 3.23. The number of nitrogens with one attached hydrogen (secondary N) is 2. The summed E-state index contributed by atoms with van der Waals surface area (Å²) < 4.78 is 4.82. The van der Waals surface area contributed by atoms with Crippen LogP contribution < -0.4 is 5.32 Å². The lowest BCUT2D eigenvalue weighted by molar-refractivity contribution is 0.0599. The molecule has 0 aromatic carbocycles. The van der Waals surface area contributed by atoms with Crippen LogP contribution in [0.1, 0.15) is 71.6 Å². The van der Waals surface area contributed by atoms with Crippen LogP contribution in [0.15, 0.2) is 0 Å². The van der Waals surface area contributed by atoms with Gasteiger partial charge in [0, 0.05) is 12.2 Å². The molecule has 0 bridgehead atoms. The number of aliphatic hydroxyl groups is 1. The molecule has 1 atom stereocenters. The minimum absolute atomic E-state index is 0.224. The van der Waals surface area contributed by atoms with Gasteiger partial charge in [0.25, 0.3) is 5.91 Å². The lowest BCUT2D eigenvalue weighted by atomic mass is 10.0. The number of amides is 1. The number of aryl methyl sites for hydroxylation is 1. The highest BCUT2D eigenvalue weighted by atomic mass is 16.5. The lowest BCUT2D eigenvalue weighted by Crippen LogP contribution is -2.26. The van der Waals surface area contributed by atoms with E-state index >= 15 is 0 Å². The summed E-state index contributed by atoms with van der Waals surface area (Å²) in [5.74, 6) is -0.648. The molecule has 1 amide bonds. The Hall–Kier alpha value is -1.82. The number of hydrogen-bond donors (Lipinski definition) is 3. The monoisotopic (exact) mass is 324 g/mol. The normalized spacial score (nSPS) is 12.0. The number of H-pyrrole nitrogens is 1. The highest BCUT2D eigenvalue weighted by molar-refractivity contribution is 6.00. The van der Waals surface area contributed by atoms with Crippen molar-refractivity contribution in [1.82, 2.24) is 10.3 Å². The quantitative estimate of drug-likeness (QED) is 0.480. The summed E-state index contributed by atoms with van der Waals surface area (Å²) in [5, 5.41) is 12.4. The number of aliphatic hydroxyl groups excluding tert-OH is 1. The van der Waals surface area contributed by atoms with E-state index in [-0.39, 0.29) is 12.0 Å². The van der Waals surface area contributed by atoms with Gasteiger partial charge in [-0.25, -0.2) is 4.79 Å². The van der Waals surface area contributed by atoms with Gasteiger partial charge in [0.05, 0.1) is 18.8 Å². The van der Waals surface area contributed by atoms with Crippen LogP contribution in [0.3, 0.4) is 0 Å². The van der Waals surface area contributed by atoms with Crippen molar-refractivity contribution in [1.29, 1.82) is 0 Å². The number of aromatic amines is 1. The van der Waals surface area contributed by atoms with E-state index in [1.165, 1.54) is 7.11 Å². The third kappa shape index (κ3) is 5.10. The van der Waals surface area contributed by atoms with E-state index < -0.39 is 5.97 Å². The third-order valence-corrected chi connectivity index (χ3v) is 3.88. The van der Waals surface area contributed by atoms with Crippen molar-refractivity contribution >= 4 is 11.9 Å². The van der Waals surface area contributed by atoms with Crippen molar-refractivity contribution in [3.8, 4) is 0 Å². The van der Waals surface area contributed by atoms with Crippen LogP contribution in [0.2, 0.25) is 0 Å². The Bertz CT molecular complexity index is 537. The van der Waals surface area contributed by atoms with Crippen LogP contribution in [0, 0.1) is 6.92 Å². The lowest BCUT2D eigenvalue weighted by Gasteiger charge is -2.09. The molecule has 1 heterocycles. The standard InChI is InChI=1S/C17H28N2O4/c1-5-8-13-14(17(22)23-4)11(3)19-15(13)16(21)18-10-7-9-12(20)6-2/h12,19-20H,5-10H2,1-4H3,(H,18,21)/t12-/m0/s1. The Morgan fingerprint density at radius 1 is 1.35 bits per heavy atom. The number of methoxy groups -OCH3 is 1. The number of esters is 1. The highest BCUT2D eigenvalue weighted by Gasteiger charge is 2.24. The van der Waals surface area contributed by atoms with Gasteiger partial charge in [-0.1, -0.05) is 20.3 Å². The van der Waals surface area contributed by atoms with Crippen molar-refractivity contribution in [2.45, 2.75) is 59.0 Å². The molecule has 0 saturated heterocycles. The Morgan fingerprint density at radius 3 is 2.61 bits per heavy atom. The van der Waals surface area contributed by atoms with E-state index in [1.54, 1.807) is 6.92 Å². The fourth-order valence-corrected chi connectivity index (χ4v) is 2.58. The largest absolute Gasteiger partial charge is 0.465 e. The van der Waals surface area contributed by atoms with Crippen molar-refractivity contribution in [2.75, 3.05) is 13.7 Å². The molecular formula is C17H28N2O4. The SMILES string of the molecule is CCCc1c(C(=O)NCCC[C@@H](O)CC)[nH]c(C)c1C(=O)OC. The second kappa shape index (κ2) is 9.35. The average Bonchev–Trinajstić information content (AvgIpc) is 2.87. The molecule has 1 aromatic rings. The number of carbonyl (C=O) groups excluding carboxylic acids is 2. The molecule has 23 heavy (non-hydrogen) atoms. The van der Waals surface area contributed by atoms with Gasteiger partial charge >= 0.3 is 5.97 Å². The molecule has 0 unspecified atom stereocenters. The first kappa shape index (κ1) is 19.2. The summed E-state index contributed by atoms with van der Waals surface area (Å²) in [6, 6.07) is 0. The van der Waals surface area contributed by atoms with Gasteiger partial charge < -0.3 is 20.1 Å². The molecule has 0 fully saturated rings. The summed E-state index contributed by atoms with van der Waals surface area (Å²) in [6.45, 7) is 6.18. The average molecular weight is 324 g/mol. The van der Waals surface area contributed by atoms with Crippen LogP contribution in [0.5, 0.6) is 0 Å². The van der Waals surface area contributed by atoms with Crippen LogP contribution in [-0.4, -0.2) is 41.7 Å². The second-order valence-electron chi connectivity index (χ2n) is 5.68. The van der Waals surface area contributed by atoms with Crippen LogP contribution in [0.25, 0.3) is 0 Å². The van der Waals surface area contributed by atoms with Crippen LogP contribution in [-0.2, 0) is 11.2 Å². The zero-order valence-corrected chi connectivity index (χ0v) is 14.5. The number of carbonyl (C=O) groups is 2. The fourth-order valence-electron chi connectivity index (χ4n) is 2.58. The first-order valence-electron chi connectivity index (χ1n) is 8.22. The molecular weight excluding hydrogens is 296 g/mol. The number of rotatable bonds is 9. The molecule has 130 valence electrons. The maximum absolute atomic E-state index is 12.4. The number of aromatic nitrogens is 1. The van der Waals surface area contributed by atoms with E-state index in [0.29, 0.717) is 54.7 Å². The molecule has 0 radical (unpaired) electrons. The van der Waals surface area contributed by atoms with Crippen LogP contribution >= 0.6 is 0 Å². The molecule has 6 nitrogen and oxygen atoms in total. The van der Waals surface area contributed by atoms with Gasteiger partial charge in [0.2, 0.25) is 0 Å². The minimum atomic E-state index is -0.424. The fraction of sp³-hybridized carbons (Fsp3) is 0.647. The predicted octanol–water partition coefficient (Wildman–Crippen LogP) is 2.34. The van der Waals surface area contributed by atoms with Crippen molar-refractivity contribution in [3.63, 3.8) is 0 Å². The van der Waals surface area contributed by atoms with Crippen molar-refractivity contribution < 1.29 is 19.4 Å². The Balaban J connectivity index is 2.82. The topological polar surface area (TPSA) is 91.4 Å². The molecule has 0 aliphatic heterocycles. The molecule has 0 saturated carbocycles. The molecule has 0 spiro atoms. The molecule has 1 aromatic heterocycles. The number of hydrogen-bond acceptors (Lipinski definition) is 4. The highest BCUT2D eigenvalue weighted by Crippen LogP contribution is 2.21. The molecule has 3 N–H and O–H groups in total. The third-order valence-electron chi connectivity index (χ3n) is 3.88. The first-order valence-corrected chi connectivity index (χ1v) is 8.22. The predicted molar refractivity (Wildman–Crippen MR) is 88.7 cm³/mol. The maximum atomic E-state index is 12.4. The Kier molecular flexibility index (Phi) is 7.81. The van der Waals surface area contributed by atoms with E-state index in [2.05, 4.69) is 10.3 Å². The molecule has 1 rings (SSSR count). The summed E-state index contributed by atoms with van der Waals surface area (Å²) in [5.41, 5.74) is 2.25. The van der Waals surface area contributed by atoms with E-state index in [0.717, 1.165) is 6.42 Å². The molecule has 0 aliphatic rings. The first-order chi connectivity index (χ1) is 11.0. The smallest absolute Gasteiger partial charge is 0.339 e. The van der Waals surface area contributed by atoms with Crippen molar-refractivity contribution in [2.24, 2.45) is 0 Å². The van der Waals surface area contributed by atoms with Gasteiger partial charge in [-0.15, -0.1) is 0 Å². The van der Waals surface area contributed by atoms with E-state index in [4.69, 9.17) is 4.74 Å². The van der Waals surface area contributed by atoms with Gasteiger partial charge in [0.15, 0.2) is 0 Å². The summed E-state index contributed by atoms with van der Waals surface area (Å²) >= 11 is 0.